The van der Waals surface area contributed by atoms with Crippen LogP contribution in [0.4, 0.5) is 0 Å². The molecule has 0 N–H and O–H groups in total. The molecule has 2 heterocycles. The van der Waals surface area contributed by atoms with Gasteiger partial charge in [-0.15, -0.1) is 0 Å². The first-order valence-electron chi connectivity index (χ1n) is 7.89. The fourth-order valence-electron chi connectivity index (χ4n) is 2.36. The molecule has 0 aliphatic carbocycles. The van der Waals surface area contributed by atoms with Crippen LogP contribution in [0.15, 0.2) is 38.0 Å². The molecule has 0 radical (unpaired) electrons. The van der Waals surface area contributed by atoms with E-state index in [0.717, 1.165) is 17.4 Å². The van der Waals surface area contributed by atoms with E-state index in [4.69, 9.17) is 13.7 Å². The minimum Gasteiger partial charge on any atom is -0.484 e. The maximum Gasteiger partial charge on any atom is 0.336 e. The number of nitrogens with zero attached hydrogens (tertiary/aromatic N) is 2. The van der Waals surface area contributed by atoms with Crippen molar-refractivity contribution in [3.8, 4) is 5.75 Å². The summed E-state index contributed by atoms with van der Waals surface area (Å²) in [5, 5.41) is 4.87. The molecule has 0 unspecified atom stereocenters. The van der Waals surface area contributed by atoms with Crippen LogP contribution >= 0.6 is 0 Å². The largest absolute Gasteiger partial charge is 0.484 e. The predicted octanol–water partition coefficient (Wildman–Crippen LogP) is 3.61. The Morgan fingerprint density at radius 1 is 1.21 bits per heavy atom. The van der Waals surface area contributed by atoms with Gasteiger partial charge in [0.1, 0.15) is 11.3 Å². The van der Waals surface area contributed by atoms with Gasteiger partial charge in [0.15, 0.2) is 12.4 Å². The van der Waals surface area contributed by atoms with Gasteiger partial charge in [0.25, 0.3) is 5.89 Å². The summed E-state index contributed by atoms with van der Waals surface area (Å²) in [5.74, 6) is 1.62. The molecule has 0 aliphatic heterocycles. The van der Waals surface area contributed by atoms with Gasteiger partial charge < -0.3 is 13.7 Å². The molecule has 2 aromatic heterocycles. The van der Waals surface area contributed by atoms with E-state index in [-0.39, 0.29) is 17.6 Å². The van der Waals surface area contributed by atoms with Crippen molar-refractivity contribution in [2.24, 2.45) is 0 Å². The summed E-state index contributed by atoms with van der Waals surface area (Å²) in [6.45, 7) is 8.20. The van der Waals surface area contributed by atoms with Crippen LogP contribution in [0.3, 0.4) is 0 Å². The number of benzene rings is 1. The molecular formula is C18H20N2O4. The van der Waals surface area contributed by atoms with E-state index in [2.05, 4.69) is 10.1 Å². The van der Waals surface area contributed by atoms with Gasteiger partial charge in [0, 0.05) is 22.9 Å². The lowest BCUT2D eigenvalue weighted by atomic mass is 9.96. The first kappa shape index (κ1) is 16.2. The summed E-state index contributed by atoms with van der Waals surface area (Å²) in [6.07, 6.45) is 0.764. The highest BCUT2D eigenvalue weighted by atomic mass is 16.5. The zero-order valence-corrected chi connectivity index (χ0v) is 14.3. The second kappa shape index (κ2) is 6.11. The highest BCUT2D eigenvalue weighted by molar-refractivity contribution is 5.81. The molecule has 1 aromatic carbocycles. The van der Waals surface area contributed by atoms with Crippen LogP contribution in [-0.4, -0.2) is 10.1 Å². The second-order valence-electron chi connectivity index (χ2n) is 6.65. The van der Waals surface area contributed by atoms with Crippen LogP contribution in [0.5, 0.6) is 5.75 Å². The van der Waals surface area contributed by atoms with Gasteiger partial charge in [-0.3, -0.25) is 0 Å². The molecule has 0 spiro atoms. The van der Waals surface area contributed by atoms with Crippen LogP contribution in [0, 0.1) is 0 Å². The van der Waals surface area contributed by atoms with E-state index in [0.29, 0.717) is 23.0 Å². The van der Waals surface area contributed by atoms with Crippen molar-refractivity contribution in [1.29, 1.82) is 0 Å². The number of rotatable bonds is 4. The molecule has 0 saturated heterocycles. The van der Waals surface area contributed by atoms with E-state index in [1.54, 1.807) is 6.07 Å². The Morgan fingerprint density at radius 3 is 2.67 bits per heavy atom. The van der Waals surface area contributed by atoms with Crippen molar-refractivity contribution >= 4 is 11.0 Å². The summed E-state index contributed by atoms with van der Waals surface area (Å²) in [5.41, 5.74) is 0.936. The quantitative estimate of drug-likeness (QED) is 0.681. The molecule has 3 aromatic rings. The predicted molar refractivity (Wildman–Crippen MR) is 89.2 cm³/mol. The fourth-order valence-corrected chi connectivity index (χ4v) is 2.36. The molecule has 6 heteroatoms. The molecule has 24 heavy (non-hydrogen) atoms. The van der Waals surface area contributed by atoms with Gasteiger partial charge in [0.2, 0.25) is 0 Å². The summed E-state index contributed by atoms with van der Waals surface area (Å²) in [4.78, 5) is 15.9. The number of ether oxygens (including phenoxy) is 1. The Morgan fingerprint density at radius 2 is 2.00 bits per heavy atom. The van der Waals surface area contributed by atoms with Crippen molar-refractivity contribution in [2.45, 2.75) is 46.1 Å². The van der Waals surface area contributed by atoms with Crippen molar-refractivity contribution in [1.82, 2.24) is 10.1 Å². The third-order valence-electron chi connectivity index (χ3n) is 3.68. The topological polar surface area (TPSA) is 78.4 Å². The summed E-state index contributed by atoms with van der Waals surface area (Å²) >= 11 is 0. The lowest BCUT2D eigenvalue weighted by Gasteiger charge is -2.10. The standard InChI is InChI=1S/C18H20N2O4/c1-5-11-8-16(21)23-14-9-12(6-7-13(11)14)22-10-15-19-17(20-24-15)18(2,3)4/h6-9H,5,10H2,1-4H3. The highest BCUT2D eigenvalue weighted by Crippen LogP contribution is 2.24. The van der Waals surface area contributed by atoms with Crippen molar-refractivity contribution in [2.75, 3.05) is 0 Å². The molecule has 6 nitrogen and oxygen atoms in total. The third-order valence-corrected chi connectivity index (χ3v) is 3.68. The van der Waals surface area contributed by atoms with Crippen LogP contribution < -0.4 is 10.4 Å². The Kier molecular flexibility index (Phi) is 4.13. The molecule has 0 fully saturated rings. The monoisotopic (exact) mass is 328 g/mol. The van der Waals surface area contributed by atoms with E-state index in [1.165, 1.54) is 6.07 Å². The van der Waals surface area contributed by atoms with Gasteiger partial charge >= 0.3 is 5.63 Å². The van der Waals surface area contributed by atoms with Gasteiger partial charge in [-0.1, -0.05) is 32.9 Å². The molecule has 0 atom stereocenters. The van der Waals surface area contributed by atoms with E-state index in [9.17, 15) is 4.79 Å². The van der Waals surface area contributed by atoms with Crippen molar-refractivity contribution in [3.63, 3.8) is 0 Å². The van der Waals surface area contributed by atoms with E-state index >= 15 is 0 Å². The Labute approximate surface area is 139 Å². The zero-order valence-electron chi connectivity index (χ0n) is 14.3. The van der Waals surface area contributed by atoms with Gasteiger partial charge in [-0.2, -0.15) is 4.98 Å². The van der Waals surface area contributed by atoms with Crippen molar-refractivity contribution < 1.29 is 13.7 Å². The minimum absolute atomic E-state index is 0.159. The smallest absolute Gasteiger partial charge is 0.336 e. The Bertz CT molecular complexity index is 919. The Balaban J connectivity index is 1.81. The van der Waals surface area contributed by atoms with Gasteiger partial charge in [-0.25, -0.2) is 4.79 Å². The molecule has 0 amide bonds. The molecule has 0 aliphatic rings. The number of aromatic nitrogens is 2. The lowest BCUT2D eigenvalue weighted by molar-refractivity contribution is 0.242. The SMILES string of the molecule is CCc1cc(=O)oc2cc(OCc3nc(C(C)(C)C)no3)ccc12. The Hall–Kier alpha value is -2.63. The van der Waals surface area contributed by atoms with E-state index in [1.807, 2.05) is 39.8 Å². The molecule has 126 valence electrons. The molecule has 0 saturated carbocycles. The van der Waals surface area contributed by atoms with Crippen LogP contribution in [0.1, 0.15) is 45.0 Å². The summed E-state index contributed by atoms with van der Waals surface area (Å²) in [7, 11) is 0. The first-order chi connectivity index (χ1) is 11.4. The van der Waals surface area contributed by atoms with Crippen LogP contribution in [-0.2, 0) is 18.4 Å². The minimum atomic E-state index is -0.358. The number of hydrogen-bond acceptors (Lipinski definition) is 6. The van der Waals surface area contributed by atoms with Crippen LogP contribution in [0.25, 0.3) is 11.0 Å². The number of aryl methyl sites for hydroxylation is 1. The third kappa shape index (κ3) is 3.32. The molecular weight excluding hydrogens is 308 g/mol. The van der Waals surface area contributed by atoms with Gasteiger partial charge in [-0.05, 0) is 24.1 Å². The molecule has 3 rings (SSSR count). The normalized spacial score (nSPS) is 11.8. The average molecular weight is 328 g/mol. The first-order valence-corrected chi connectivity index (χ1v) is 7.89. The molecule has 0 bridgehead atoms. The van der Waals surface area contributed by atoms with Gasteiger partial charge in [0.05, 0.1) is 0 Å². The highest BCUT2D eigenvalue weighted by Gasteiger charge is 2.21. The zero-order chi connectivity index (χ0) is 17.3. The average Bonchev–Trinajstić information content (AvgIpc) is 3.01. The summed E-state index contributed by atoms with van der Waals surface area (Å²) < 4.78 is 16.1. The van der Waals surface area contributed by atoms with Crippen LogP contribution in [0.2, 0.25) is 0 Å². The van der Waals surface area contributed by atoms with E-state index < -0.39 is 0 Å². The fraction of sp³-hybridized carbons (Fsp3) is 0.389. The maximum atomic E-state index is 11.6. The van der Waals surface area contributed by atoms with Crippen molar-refractivity contribution in [3.05, 3.63) is 52.0 Å². The maximum absolute atomic E-state index is 11.6. The summed E-state index contributed by atoms with van der Waals surface area (Å²) in [6, 6.07) is 6.95. The second-order valence-corrected chi connectivity index (χ2v) is 6.65. The lowest BCUT2D eigenvalue weighted by Crippen LogP contribution is -2.13. The number of fused-ring (bicyclic) bond motifs is 1. The number of hydrogen-bond donors (Lipinski definition) is 0.